The van der Waals surface area contributed by atoms with Crippen LogP contribution in [0.3, 0.4) is 0 Å². The molecule has 2 aromatic carbocycles. The van der Waals surface area contributed by atoms with E-state index in [1.165, 1.54) is 22.3 Å². The minimum absolute atomic E-state index is 0.132. The highest BCUT2D eigenvalue weighted by atomic mass is 16.5. The lowest BCUT2D eigenvalue weighted by molar-refractivity contribution is 0.267. The lowest BCUT2D eigenvalue weighted by Gasteiger charge is -2.31. The van der Waals surface area contributed by atoms with Crippen LogP contribution in [0.15, 0.2) is 30.3 Å². The SMILES string of the molecule is COc1ccc(C2NCCc3cc(OC)c(OCCCN(C)C)cc32)c(C(C)C)c1. The van der Waals surface area contributed by atoms with Crippen molar-refractivity contribution in [1.82, 2.24) is 10.2 Å². The van der Waals surface area contributed by atoms with Gasteiger partial charge < -0.3 is 24.4 Å². The third-order valence-corrected chi connectivity index (χ3v) is 5.71. The van der Waals surface area contributed by atoms with Crippen molar-refractivity contribution in [2.75, 3.05) is 48.0 Å². The fourth-order valence-corrected chi connectivity index (χ4v) is 4.12. The number of rotatable bonds is 9. The van der Waals surface area contributed by atoms with Gasteiger partial charge in [-0.15, -0.1) is 0 Å². The van der Waals surface area contributed by atoms with E-state index in [-0.39, 0.29) is 6.04 Å². The van der Waals surface area contributed by atoms with Gasteiger partial charge in [-0.1, -0.05) is 19.9 Å². The Kier molecular flexibility index (Phi) is 7.62. The largest absolute Gasteiger partial charge is 0.497 e. The first-order valence-corrected chi connectivity index (χ1v) is 10.8. The maximum Gasteiger partial charge on any atom is 0.161 e. The molecule has 0 saturated heterocycles. The molecule has 0 radical (unpaired) electrons. The normalized spacial score (nSPS) is 15.9. The number of nitrogens with one attached hydrogen (secondary N) is 1. The zero-order valence-electron chi connectivity index (χ0n) is 19.2. The van der Waals surface area contributed by atoms with Crippen LogP contribution in [-0.2, 0) is 6.42 Å². The zero-order valence-corrected chi connectivity index (χ0v) is 19.2. The highest BCUT2D eigenvalue weighted by Gasteiger charge is 2.26. The summed E-state index contributed by atoms with van der Waals surface area (Å²) in [4.78, 5) is 2.17. The van der Waals surface area contributed by atoms with Crippen LogP contribution in [0, 0.1) is 0 Å². The van der Waals surface area contributed by atoms with E-state index in [0.29, 0.717) is 12.5 Å². The van der Waals surface area contributed by atoms with E-state index >= 15 is 0 Å². The van der Waals surface area contributed by atoms with E-state index in [0.717, 1.165) is 43.2 Å². The lowest BCUT2D eigenvalue weighted by Crippen LogP contribution is -2.31. The van der Waals surface area contributed by atoms with Crippen LogP contribution in [0.2, 0.25) is 0 Å². The van der Waals surface area contributed by atoms with Gasteiger partial charge in [0, 0.05) is 13.1 Å². The van der Waals surface area contributed by atoms with Crippen molar-refractivity contribution in [3.8, 4) is 17.2 Å². The van der Waals surface area contributed by atoms with E-state index in [9.17, 15) is 0 Å². The monoisotopic (exact) mass is 412 g/mol. The molecule has 5 heteroatoms. The molecule has 30 heavy (non-hydrogen) atoms. The molecule has 5 nitrogen and oxygen atoms in total. The summed E-state index contributed by atoms with van der Waals surface area (Å²) in [6.45, 7) is 7.07. The van der Waals surface area contributed by atoms with Crippen molar-refractivity contribution >= 4 is 0 Å². The van der Waals surface area contributed by atoms with E-state index in [1.807, 2.05) is 0 Å². The molecule has 1 atom stereocenters. The molecule has 1 aliphatic rings. The van der Waals surface area contributed by atoms with Gasteiger partial charge in [0.25, 0.3) is 0 Å². The second-order valence-corrected chi connectivity index (χ2v) is 8.49. The minimum Gasteiger partial charge on any atom is -0.497 e. The van der Waals surface area contributed by atoms with Gasteiger partial charge in [-0.05, 0) is 79.4 Å². The molecule has 1 unspecified atom stereocenters. The Morgan fingerprint density at radius 1 is 1.03 bits per heavy atom. The molecular weight excluding hydrogens is 376 g/mol. The van der Waals surface area contributed by atoms with Crippen LogP contribution < -0.4 is 19.5 Å². The van der Waals surface area contributed by atoms with Crippen molar-refractivity contribution in [2.24, 2.45) is 0 Å². The van der Waals surface area contributed by atoms with Gasteiger partial charge in [0.05, 0.1) is 26.9 Å². The number of ether oxygens (including phenoxy) is 3. The Morgan fingerprint density at radius 2 is 1.83 bits per heavy atom. The molecule has 0 saturated carbocycles. The van der Waals surface area contributed by atoms with Crippen LogP contribution in [0.4, 0.5) is 0 Å². The van der Waals surface area contributed by atoms with Crippen LogP contribution in [-0.4, -0.2) is 52.9 Å². The highest BCUT2D eigenvalue weighted by Crippen LogP contribution is 2.40. The van der Waals surface area contributed by atoms with E-state index < -0.39 is 0 Å². The number of nitrogens with zero attached hydrogens (tertiary/aromatic N) is 1. The number of methoxy groups -OCH3 is 2. The maximum absolute atomic E-state index is 6.14. The van der Waals surface area contributed by atoms with Crippen molar-refractivity contribution < 1.29 is 14.2 Å². The topological polar surface area (TPSA) is 43.0 Å². The third kappa shape index (κ3) is 5.08. The summed E-state index contributed by atoms with van der Waals surface area (Å²) in [5.41, 5.74) is 5.21. The summed E-state index contributed by atoms with van der Waals surface area (Å²) in [7, 11) is 7.60. The van der Waals surface area contributed by atoms with Gasteiger partial charge >= 0.3 is 0 Å². The van der Waals surface area contributed by atoms with Crippen LogP contribution >= 0.6 is 0 Å². The second-order valence-electron chi connectivity index (χ2n) is 8.49. The fraction of sp³-hybridized carbons (Fsp3) is 0.520. The number of hydrogen-bond donors (Lipinski definition) is 1. The van der Waals surface area contributed by atoms with Crippen LogP contribution in [0.5, 0.6) is 17.2 Å². The highest BCUT2D eigenvalue weighted by molar-refractivity contribution is 5.53. The fourth-order valence-electron chi connectivity index (χ4n) is 4.12. The molecule has 0 spiro atoms. The predicted molar refractivity (Wildman–Crippen MR) is 122 cm³/mol. The Bertz CT molecular complexity index is 849. The standard InChI is InChI=1S/C25H36N2O3/c1-17(2)21-15-19(28-5)8-9-20(21)25-22-16-24(30-13-7-12-27(3)4)23(29-6)14-18(22)10-11-26-25/h8-9,14-17,25-26H,7,10-13H2,1-6H3. The van der Waals surface area contributed by atoms with Crippen molar-refractivity contribution in [3.05, 3.63) is 52.6 Å². The first-order valence-electron chi connectivity index (χ1n) is 10.8. The van der Waals surface area contributed by atoms with Gasteiger partial charge in [-0.2, -0.15) is 0 Å². The van der Waals surface area contributed by atoms with E-state index in [2.05, 4.69) is 68.5 Å². The minimum atomic E-state index is 0.132. The number of benzene rings is 2. The molecule has 164 valence electrons. The summed E-state index contributed by atoms with van der Waals surface area (Å²) in [5.74, 6) is 2.95. The Morgan fingerprint density at radius 3 is 2.50 bits per heavy atom. The molecule has 0 bridgehead atoms. The molecule has 0 fully saturated rings. The van der Waals surface area contributed by atoms with Crippen LogP contribution in [0.1, 0.15) is 54.5 Å². The summed E-state index contributed by atoms with van der Waals surface area (Å²) in [6, 6.07) is 10.9. The summed E-state index contributed by atoms with van der Waals surface area (Å²) in [6.07, 6.45) is 1.96. The molecule has 1 aliphatic heterocycles. The van der Waals surface area contributed by atoms with Gasteiger partial charge in [0.2, 0.25) is 0 Å². The molecule has 0 aliphatic carbocycles. The van der Waals surface area contributed by atoms with Gasteiger partial charge in [-0.25, -0.2) is 0 Å². The zero-order chi connectivity index (χ0) is 21.7. The Hall–Kier alpha value is -2.24. The van der Waals surface area contributed by atoms with Gasteiger partial charge in [-0.3, -0.25) is 0 Å². The van der Waals surface area contributed by atoms with Gasteiger partial charge in [0.1, 0.15) is 5.75 Å². The van der Waals surface area contributed by atoms with Crippen molar-refractivity contribution in [3.63, 3.8) is 0 Å². The van der Waals surface area contributed by atoms with Crippen molar-refractivity contribution in [2.45, 2.75) is 38.6 Å². The average molecular weight is 413 g/mol. The van der Waals surface area contributed by atoms with Crippen LogP contribution in [0.25, 0.3) is 0 Å². The molecule has 0 aromatic heterocycles. The lowest BCUT2D eigenvalue weighted by atomic mass is 9.84. The molecule has 1 N–H and O–H groups in total. The van der Waals surface area contributed by atoms with Gasteiger partial charge in [0.15, 0.2) is 11.5 Å². The molecule has 3 rings (SSSR count). The van der Waals surface area contributed by atoms with E-state index in [4.69, 9.17) is 14.2 Å². The molecular formula is C25H36N2O3. The molecule has 2 aromatic rings. The Labute approximate surface area is 181 Å². The summed E-state index contributed by atoms with van der Waals surface area (Å²) in [5, 5.41) is 3.73. The predicted octanol–water partition coefficient (Wildman–Crippen LogP) is 4.39. The average Bonchev–Trinajstić information content (AvgIpc) is 2.75. The first-order chi connectivity index (χ1) is 14.4. The third-order valence-electron chi connectivity index (χ3n) is 5.71. The molecule has 1 heterocycles. The first kappa shape index (κ1) is 22.4. The number of fused-ring (bicyclic) bond motifs is 1. The summed E-state index contributed by atoms with van der Waals surface area (Å²) >= 11 is 0. The molecule has 0 amide bonds. The second kappa shape index (κ2) is 10.2. The maximum atomic E-state index is 6.14. The summed E-state index contributed by atoms with van der Waals surface area (Å²) < 4.78 is 17.3. The smallest absolute Gasteiger partial charge is 0.161 e. The van der Waals surface area contributed by atoms with Crippen molar-refractivity contribution in [1.29, 1.82) is 0 Å². The quantitative estimate of drug-likeness (QED) is 0.619. The van der Waals surface area contributed by atoms with E-state index in [1.54, 1.807) is 14.2 Å². The number of hydrogen-bond acceptors (Lipinski definition) is 5. The Balaban J connectivity index is 1.96.